The highest BCUT2D eigenvalue weighted by atomic mass is 32.2. The van der Waals surface area contributed by atoms with Gasteiger partial charge in [-0.25, -0.2) is 0 Å². The highest BCUT2D eigenvalue weighted by molar-refractivity contribution is 8.27. The second-order valence-corrected chi connectivity index (χ2v) is 8.84. The molecule has 0 bridgehead atoms. The van der Waals surface area contributed by atoms with Crippen molar-refractivity contribution in [1.82, 2.24) is 0 Å². The number of nitro groups is 2. The Balaban J connectivity index is 1.68. The first-order valence-corrected chi connectivity index (χ1v) is 11.0. The van der Waals surface area contributed by atoms with Gasteiger partial charge in [0.25, 0.3) is 11.6 Å². The Labute approximate surface area is 202 Å². The Morgan fingerprint density at radius 3 is 2.44 bits per heavy atom. The molecular formula is C23H15N3O6S2. The fourth-order valence-electron chi connectivity index (χ4n) is 3.26. The lowest BCUT2D eigenvalue weighted by atomic mass is 10.1. The SMILES string of the molecule is Cc1cccc(N2C(=O)/C(=C/c3ccccc3Oc3ccc([N+](=O)[O-])cc3[N+](=O)[O-])SC2=S)c1. The van der Waals surface area contributed by atoms with Gasteiger partial charge in [-0.3, -0.25) is 29.9 Å². The van der Waals surface area contributed by atoms with Crippen LogP contribution < -0.4 is 9.64 Å². The topological polar surface area (TPSA) is 116 Å². The molecule has 1 amide bonds. The average Bonchev–Trinajstić information content (AvgIpc) is 3.07. The molecule has 1 aliphatic rings. The van der Waals surface area contributed by atoms with E-state index < -0.39 is 21.2 Å². The molecule has 0 unspecified atom stereocenters. The lowest BCUT2D eigenvalue weighted by molar-refractivity contribution is -0.394. The van der Waals surface area contributed by atoms with Crippen molar-refractivity contribution in [3.63, 3.8) is 0 Å². The molecular weight excluding hydrogens is 478 g/mol. The van der Waals surface area contributed by atoms with Crippen molar-refractivity contribution >= 4 is 57.3 Å². The van der Waals surface area contributed by atoms with Crippen molar-refractivity contribution in [3.05, 3.63) is 103 Å². The molecule has 0 aliphatic carbocycles. The number of amides is 1. The molecule has 0 aromatic heterocycles. The van der Waals surface area contributed by atoms with E-state index in [2.05, 4.69) is 0 Å². The van der Waals surface area contributed by atoms with Crippen LogP contribution in [-0.4, -0.2) is 20.1 Å². The van der Waals surface area contributed by atoms with Crippen LogP contribution in [0.2, 0.25) is 0 Å². The quantitative estimate of drug-likeness (QED) is 0.177. The summed E-state index contributed by atoms with van der Waals surface area (Å²) >= 11 is 6.55. The van der Waals surface area contributed by atoms with Crippen LogP contribution in [0.5, 0.6) is 11.5 Å². The minimum absolute atomic E-state index is 0.163. The largest absolute Gasteiger partial charge is 0.449 e. The normalized spacial score (nSPS) is 14.5. The lowest BCUT2D eigenvalue weighted by Gasteiger charge is -2.14. The number of anilines is 1. The number of aryl methyl sites for hydroxylation is 1. The van der Waals surface area contributed by atoms with E-state index in [1.807, 2.05) is 25.1 Å². The number of hydrogen-bond donors (Lipinski definition) is 0. The second kappa shape index (κ2) is 9.41. The van der Waals surface area contributed by atoms with Gasteiger partial charge in [-0.2, -0.15) is 0 Å². The highest BCUT2D eigenvalue weighted by Gasteiger charge is 2.33. The molecule has 0 radical (unpaired) electrons. The maximum Gasteiger partial charge on any atom is 0.318 e. The fraction of sp³-hybridized carbons (Fsp3) is 0.0435. The molecule has 1 aliphatic heterocycles. The molecule has 3 aromatic carbocycles. The monoisotopic (exact) mass is 493 g/mol. The number of ether oxygens (including phenoxy) is 1. The number of nitro benzene ring substituents is 2. The molecule has 1 heterocycles. The van der Waals surface area contributed by atoms with Gasteiger partial charge in [0.1, 0.15) is 5.75 Å². The van der Waals surface area contributed by atoms with Gasteiger partial charge in [-0.1, -0.05) is 54.3 Å². The van der Waals surface area contributed by atoms with Crippen molar-refractivity contribution in [3.8, 4) is 11.5 Å². The number of thioether (sulfide) groups is 1. The summed E-state index contributed by atoms with van der Waals surface area (Å²) in [5, 5.41) is 22.4. The van der Waals surface area contributed by atoms with Gasteiger partial charge in [-0.05, 0) is 42.8 Å². The van der Waals surface area contributed by atoms with Crippen molar-refractivity contribution in [2.24, 2.45) is 0 Å². The zero-order chi connectivity index (χ0) is 24.4. The third-order valence-corrected chi connectivity index (χ3v) is 6.13. The molecule has 0 saturated carbocycles. The van der Waals surface area contributed by atoms with Gasteiger partial charge in [-0.15, -0.1) is 0 Å². The Hall–Kier alpha value is -4.09. The molecule has 34 heavy (non-hydrogen) atoms. The van der Waals surface area contributed by atoms with E-state index in [1.54, 1.807) is 36.4 Å². The van der Waals surface area contributed by atoms with Crippen LogP contribution in [-0.2, 0) is 4.79 Å². The van der Waals surface area contributed by atoms with Crippen LogP contribution in [0.25, 0.3) is 6.08 Å². The lowest BCUT2D eigenvalue weighted by Crippen LogP contribution is -2.27. The summed E-state index contributed by atoms with van der Waals surface area (Å²) in [6, 6.07) is 17.2. The predicted molar refractivity (Wildman–Crippen MR) is 133 cm³/mol. The molecule has 0 N–H and O–H groups in total. The molecule has 0 atom stereocenters. The number of non-ortho nitro benzene ring substituents is 1. The Kier molecular flexibility index (Phi) is 6.39. The molecule has 1 fully saturated rings. The molecule has 4 rings (SSSR count). The smallest absolute Gasteiger partial charge is 0.318 e. The summed E-state index contributed by atoms with van der Waals surface area (Å²) in [5.41, 5.74) is 1.16. The number of hydrogen-bond acceptors (Lipinski definition) is 8. The minimum atomic E-state index is -0.752. The van der Waals surface area contributed by atoms with Crippen LogP contribution in [0.1, 0.15) is 11.1 Å². The number of benzene rings is 3. The number of nitrogens with zero attached hydrogens (tertiary/aromatic N) is 3. The minimum Gasteiger partial charge on any atom is -0.449 e. The Bertz CT molecular complexity index is 1390. The van der Waals surface area contributed by atoms with Gasteiger partial charge >= 0.3 is 5.69 Å². The third kappa shape index (κ3) is 4.65. The first kappa shape index (κ1) is 23.1. The third-order valence-electron chi connectivity index (χ3n) is 4.83. The number of carbonyl (C=O) groups excluding carboxylic acids is 1. The van der Waals surface area contributed by atoms with Crippen molar-refractivity contribution in [2.45, 2.75) is 6.92 Å². The van der Waals surface area contributed by atoms with Gasteiger partial charge in [0.15, 0.2) is 4.32 Å². The maximum absolute atomic E-state index is 13.1. The fourth-order valence-corrected chi connectivity index (χ4v) is 4.55. The summed E-state index contributed by atoms with van der Waals surface area (Å²) < 4.78 is 6.14. The van der Waals surface area contributed by atoms with E-state index in [1.165, 1.54) is 11.0 Å². The summed E-state index contributed by atoms with van der Waals surface area (Å²) in [7, 11) is 0. The standard InChI is InChI=1S/C23H15N3O6S2/c1-14-5-4-7-16(11-14)24-22(27)21(34-23(24)33)12-15-6-2-3-8-19(15)32-20-10-9-17(25(28)29)13-18(20)26(30)31/h2-13H,1H3/b21-12-. The van der Waals surface area contributed by atoms with E-state index in [4.69, 9.17) is 17.0 Å². The maximum atomic E-state index is 13.1. The van der Waals surface area contributed by atoms with Gasteiger partial charge in [0, 0.05) is 11.6 Å². The molecule has 9 nitrogen and oxygen atoms in total. The van der Waals surface area contributed by atoms with E-state index >= 15 is 0 Å². The van der Waals surface area contributed by atoms with E-state index in [9.17, 15) is 25.0 Å². The number of para-hydroxylation sites is 1. The number of carbonyl (C=O) groups is 1. The Morgan fingerprint density at radius 1 is 0.971 bits per heavy atom. The predicted octanol–water partition coefficient (Wildman–Crippen LogP) is 6.01. The van der Waals surface area contributed by atoms with E-state index in [0.717, 1.165) is 29.5 Å². The van der Waals surface area contributed by atoms with Crippen LogP contribution in [0.15, 0.2) is 71.6 Å². The molecule has 11 heteroatoms. The summed E-state index contributed by atoms with van der Waals surface area (Å²) in [5.74, 6) is -0.222. The first-order valence-electron chi connectivity index (χ1n) is 9.79. The van der Waals surface area contributed by atoms with Crippen LogP contribution in [0, 0.1) is 27.2 Å². The summed E-state index contributed by atoms with van der Waals surface area (Å²) in [6.07, 6.45) is 1.60. The highest BCUT2D eigenvalue weighted by Crippen LogP contribution is 2.39. The van der Waals surface area contributed by atoms with Crippen molar-refractivity contribution in [1.29, 1.82) is 0 Å². The number of rotatable bonds is 6. The summed E-state index contributed by atoms with van der Waals surface area (Å²) in [4.78, 5) is 35.9. The summed E-state index contributed by atoms with van der Waals surface area (Å²) in [6.45, 7) is 1.92. The molecule has 3 aromatic rings. The molecule has 170 valence electrons. The van der Waals surface area contributed by atoms with Crippen LogP contribution >= 0.6 is 24.0 Å². The van der Waals surface area contributed by atoms with Crippen LogP contribution in [0.4, 0.5) is 17.1 Å². The zero-order valence-corrected chi connectivity index (χ0v) is 19.2. The molecule has 1 saturated heterocycles. The average molecular weight is 494 g/mol. The zero-order valence-electron chi connectivity index (χ0n) is 17.5. The van der Waals surface area contributed by atoms with Crippen LogP contribution in [0.3, 0.4) is 0 Å². The molecule has 0 spiro atoms. The van der Waals surface area contributed by atoms with Gasteiger partial charge < -0.3 is 4.74 Å². The van der Waals surface area contributed by atoms with Crippen molar-refractivity contribution in [2.75, 3.05) is 4.90 Å². The van der Waals surface area contributed by atoms with Crippen molar-refractivity contribution < 1.29 is 19.4 Å². The van der Waals surface area contributed by atoms with Gasteiger partial charge in [0.05, 0.1) is 26.5 Å². The number of thiocarbonyl (C=S) groups is 1. The van der Waals surface area contributed by atoms with E-state index in [0.29, 0.717) is 20.5 Å². The van der Waals surface area contributed by atoms with Gasteiger partial charge in [0.2, 0.25) is 5.75 Å². The first-order chi connectivity index (χ1) is 16.2. The second-order valence-electron chi connectivity index (χ2n) is 7.16. The Morgan fingerprint density at radius 2 is 1.74 bits per heavy atom. The van der Waals surface area contributed by atoms with E-state index in [-0.39, 0.29) is 17.4 Å².